The Bertz CT molecular complexity index is 862. The van der Waals surface area contributed by atoms with Gasteiger partial charge in [0, 0.05) is 2.74 Å². The van der Waals surface area contributed by atoms with Gasteiger partial charge >= 0.3 is 5.97 Å². The number of carbonyl (C=O) groups is 1. The Hall–Kier alpha value is -1.60. The fourth-order valence-electron chi connectivity index (χ4n) is 2.01. The van der Waals surface area contributed by atoms with E-state index in [0.717, 1.165) is 24.3 Å². The van der Waals surface area contributed by atoms with Crippen LogP contribution in [0.1, 0.15) is 30.3 Å². The molecule has 0 bridgehead atoms. The van der Waals surface area contributed by atoms with Crippen molar-refractivity contribution in [3.05, 3.63) is 40.7 Å². The van der Waals surface area contributed by atoms with Gasteiger partial charge in [-0.2, -0.15) is 0 Å². The molecule has 126 valence electrons. The zero-order valence-electron chi connectivity index (χ0n) is 15.2. The van der Waals surface area contributed by atoms with E-state index in [4.69, 9.17) is 20.5 Å². The number of hydrogen-bond donors (Lipinski definition) is 1. The molecule has 1 aliphatic carbocycles. The number of halogens is 2. The van der Waals surface area contributed by atoms with Gasteiger partial charge in [0.15, 0.2) is 0 Å². The average molecular weight is 365 g/mol. The molecule has 5 nitrogen and oxygen atoms in total. The van der Waals surface area contributed by atoms with Crippen molar-refractivity contribution < 1.29 is 26.5 Å². The van der Waals surface area contributed by atoms with Crippen molar-refractivity contribution in [1.29, 1.82) is 0 Å². The van der Waals surface area contributed by atoms with Gasteiger partial charge in [0.1, 0.15) is 11.0 Å². The molecule has 1 aliphatic rings. The Labute approximate surface area is 143 Å². The van der Waals surface area contributed by atoms with Crippen LogP contribution in [0.2, 0.25) is 5.02 Å². The van der Waals surface area contributed by atoms with Crippen molar-refractivity contribution in [2.75, 3.05) is 11.3 Å². The summed E-state index contributed by atoms with van der Waals surface area (Å²) in [5.74, 6) is -1.75. The van der Waals surface area contributed by atoms with Gasteiger partial charge in [-0.1, -0.05) is 17.7 Å². The highest BCUT2D eigenvalue weighted by Crippen LogP contribution is 2.30. The summed E-state index contributed by atoms with van der Waals surface area (Å²) in [6, 6.07) is 2.98. The Balaban J connectivity index is 2.49. The normalized spacial score (nSPS) is 25.5. The maximum Gasteiger partial charge on any atom is 0.335 e. The van der Waals surface area contributed by atoms with Crippen LogP contribution in [0, 0.1) is 5.82 Å². The summed E-state index contributed by atoms with van der Waals surface area (Å²) >= 11 is 5.82. The molecule has 0 aromatic heterocycles. The molecule has 0 aliphatic heterocycles. The van der Waals surface area contributed by atoms with Gasteiger partial charge in [0.05, 0.1) is 24.3 Å². The number of benzene rings is 1. The largest absolute Gasteiger partial charge is 0.463 e. The van der Waals surface area contributed by atoms with E-state index < -0.39 is 45.4 Å². The van der Waals surface area contributed by atoms with E-state index >= 15 is 0 Å². The molecule has 23 heavy (non-hydrogen) atoms. The molecule has 0 heterocycles. The Morgan fingerprint density at radius 1 is 1.61 bits per heavy atom. The summed E-state index contributed by atoms with van der Waals surface area (Å²) in [4.78, 5) is 12.2. The molecule has 0 saturated carbocycles. The average Bonchev–Trinajstić information content (AvgIpc) is 2.52. The standard InChI is InChI=1S/C15H17ClFNO4S/c1-2-22-15(19)11-5-3-4-6-14(11)23(20,21)18-13-8-7-10(17)9-12(13)16/h5,7-9,14,18H,2-4,6H2,1H3/t14-/m0/s1/i3D2,14D. The van der Waals surface area contributed by atoms with Crippen LogP contribution in [0.4, 0.5) is 10.1 Å². The van der Waals surface area contributed by atoms with Gasteiger partial charge in [-0.25, -0.2) is 17.6 Å². The lowest BCUT2D eigenvalue weighted by atomic mass is 9.99. The fraction of sp³-hybridized carbons (Fsp3) is 0.400. The zero-order valence-corrected chi connectivity index (χ0v) is 13.8. The molecule has 0 unspecified atom stereocenters. The number of hydrogen-bond acceptors (Lipinski definition) is 4. The van der Waals surface area contributed by atoms with Crippen molar-refractivity contribution in [2.24, 2.45) is 0 Å². The van der Waals surface area contributed by atoms with E-state index in [2.05, 4.69) is 4.72 Å². The maximum atomic E-state index is 13.1. The number of rotatable bonds is 5. The molecule has 0 radical (unpaired) electrons. The van der Waals surface area contributed by atoms with Gasteiger partial charge < -0.3 is 4.74 Å². The molecule has 8 heteroatoms. The maximum absolute atomic E-state index is 13.1. The Morgan fingerprint density at radius 2 is 2.35 bits per heavy atom. The van der Waals surface area contributed by atoms with E-state index in [0.29, 0.717) is 0 Å². The van der Waals surface area contributed by atoms with Crippen LogP contribution in [0.25, 0.3) is 0 Å². The highest BCUT2D eigenvalue weighted by Gasteiger charge is 2.35. The summed E-state index contributed by atoms with van der Waals surface area (Å²) in [5, 5.41) is -2.70. The van der Waals surface area contributed by atoms with Crippen molar-refractivity contribution in [3.63, 3.8) is 0 Å². The van der Waals surface area contributed by atoms with Crippen LogP contribution in [0.15, 0.2) is 29.8 Å². The Kier molecular flexibility index (Phi) is 4.39. The van der Waals surface area contributed by atoms with Crippen LogP contribution in [0.3, 0.4) is 0 Å². The first-order valence-corrected chi connectivity index (χ1v) is 8.66. The van der Waals surface area contributed by atoms with Gasteiger partial charge in [-0.3, -0.25) is 4.72 Å². The van der Waals surface area contributed by atoms with Gasteiger partial charge in [0.2, 0.25) is 10.0 Å². The summed E-state index contributed by atoms with van der Waals surface area (Å²) in [6.07, 6.45) is -1.89. The third kappa shape index (κ3) is 4.23. The molecule has 0 fully saturated rings. The SMILES string of the molecule is [2H]C1([2H])C=C(C(=O)OCC)[C@@]([2H])(S(=O)(=O)Nc2ccc(F)cc2Cl)CC1. The summed E-state index contributed by atoms with van der Waals surface area (Å²) in [6.45, 7) is 1.44. The molecule has 1 N–H and O–H groups in total. The summed E-state index contributed by atoms with van der Waals surface area (Å²) in [7, 11) is -4.56. The van der Waals surface area contributed by atoms with Gasteiger partial charge in [-0.05, 0) is 44.3 Å². The Morgan fingerprint density at radius 3 is 3.00 bits per heavy atom. The molecule has 1 aromatic carbocycles. The zero-order chi connectivity index (χ0) is 19.8. The highest BCUT2D eigenvalue weighted by atomic mass is 35.5. The first kappa shape index (κ1) is 13.8. The van der Waals surface area contributed by atoms with Crippen LogP contribution in [-0.4, -0.2) is 26.2 Å². The lowest BCUT2D eigenvalue weighted by Gasteiger charge is -2.24. The molecular weight excluding hydrogens is 345 g/mol. The molecule has 0 spiro atoms. The minimum atomic E-state index is -4.56. The van der Waals surface area contributed by atoms with Crippen molar-refractivity contribution >= 4 is 33.3 Å². The number of carbonyl (C=O) groups excluding carboxylic acids is 1. The van der Waals surface area contributed by atoms with Crippen molar-refractivity contribution in [2.45, 2.75) is 31.4 Å². The number of sulfonamides is 1. The third-order valence-electron chi connectivity index (χ3n) is 3.04. The molecule has 0 amide bonds. The van der Waals surface area contributed by atoms with E-state index in [1.807, 2.05) is 0 Å². The van der Waals surface area contributed by atoms with Crippen LogP contribution < -0.4 is 4.72 Å². The number of anilines is 1. The van der Waals surface area contributed by atoms with Crippen molar-refractivity contribution in [3.8, 4) is 0 Å². The second-order valence-corrected chi connectivity index (χ2v) is 6.75. The molecule has 1 aromatic rings. The van der Waals surface area contributed by atoms with E-state index in [9.17, 15) is 17.6 Å². The topological polar surface area (TPSA) is 72.5 Å². The molecular formula is C15H17ClFNO4S. The predicted molar refractivity (Wildman–Crippen MR) is 86.3 cm³/mol. The second kappa shape index (κ2) is 7.31. The monoisotopic (exact) mass is 364 g/mol. The van der Waals surface area contributed by atoms with Crippen LogP contribution in [0.5, 0.6) is 0 Å². The number of nitrogens with one attached hydrogen (secondary N) is 1. The quantitative estimate of drug-likeness (QED) is 0.814. The van der Waals surface area contributed by atoms with Gasteiger partial charge in [-0.15, -0.1) is 0 Å². The molecule has 1 atom stereocenters. The first-order valence-electron chi connectivity index (χ1n) is 8.30. The number of ether oxygens (including phenoxy) is 1. The number of allylic oxidation sites excluding steroid dienone is 1. The fourth-order valence-corrected chi connectivity index (χ4v) is 3.68. The van der Waals surface area contributed by atoms with Crippen LogP contribution >= 0.6 is 11.6 Å². The third-order valence-corrected chi connectivity index (χ3v) is 4.91. The summed E-state index contributed by atoms with van der Waals surface area (Å²) in [5.41, 5.74) is -0.766. The van der Waals surface area contributed by atoms with Gasteiger partial charge in [0.25, 0.3) is 0 Å². The van der Waals surface area contributed by atoms with Crippen LogP contribution in [-0.2, 0) is 19.6 Å². The lowest BCUT2D eigenvalue weighted by Crippen LogP contribution is -2.34. The van der Waals surface area contributed by atoms with E-state index in [-0.39, 0.29) is 23.7 Å². The molecule has 0 saturated heterocycles. The molecule has 2 rings (SSSR count). The first-order chi connectivity index (χ1) is 11.9. The summed E-state index contributed by atoms with van der Waals surface area (Å²) < 4.78 is 69.6. The highest BCUT2D eigenvalue weighted by molar-refractivity contribution is 7.93. The minimum Gasteiger partial charge on any atom is -0.463 e. The lowest BCUT2D eigenvalue weighted by molar-refractivity contribution is -0.138. The van der Waals surface area contributed by atoms with Crippen molar-refractivity contribution in [1.82, 2.24) is 0 Å². The van der Waals surface area contributed by atoms with E-state index in [1.165, 1.54) is 6.92 Å². The minimum absolute atomic E-state index is 0.0630. The van der Waals surface area contributed by atoms with E-state index in [1.54, 1.807) is 0 Å². The predicted octanol–water partition coefficient (Wildman–Crippen LogP) is 3.26. The smallest absolute Gasteiger partial charge is 0.335 e. The second-order valence-electron chi connectivity index (χ2n) is 4.64. The number of esters is 1.